The molecule has 0 aromatic rings. The van der Waals surface area contributed by atoms with Crippen molar-refractivity contribution < 1.29 is 34.2 Å². The van der Waals surface area contributed by atoms with Gasteiger partial charge in [-0.25, -0.2) is 4.79 Å². The van der Waals surface area contributed by atoms with Crippen LogP contribution in [-0.4, -0.2) is 87.8 Å². The van der Waals surface area contributed by atoms with Gasteiger partial charge in [0.25, 0.3) is 0 Å². The molecule has 2 fully saturated rings. The van der Waals surface area contributed by atoms with Crippen LogP contribution in [0.1, 0.15) is 32.1 Å². The van der Waals surface area contributed by atoms with Crippen LogP contribution in [-0.2, 0) is 24.0 Å². The molecule has 0 spiro atoms. The normalized spacial score (nSPS) is 23.3. The van der Waals surface area contributed by atoms with Gasteiger partial charge in [-0.05, 0) is 32.2 Å². The van der Waals surface area contributed by atoms with E-state index in [1.807, 2.05) is 0 Å². The quantitative estimate of drug-likeness (QED) is 0.233. The van der Waals surface area contributed by atoms with E-state index in [2.05, 4.69) is 28.6 Å². The Kier molecular flexibility index (Phi) is 8.26. The summed E-state index contributed by atoms with van der Waals surface area (Å²) in [6.45, 7) is 0.878. The Morgan fingerprint density at radius 3 is 2.28 bits per heavy atom. The number of nitrogens with one attached hydrogen (secondary N) is 3. The summed E-state index contributed by atoms with van der Waals surface area (Å²) in [7, 11) is 0. The first-order chi connectivity index (χ1) is 13.7. The lowest BCUT2D eigenvalue weighted by Crippen LogP contribution is -2.57. The second-order valence-electron chi connectivity index (χ2n) is 7.08. The maximum Gasteiger partial charge on any atom is 0.327 e. The van der Waals surface area contributed by atoms with Gasteiger partial charge in [0.1, 0.15) is 18.1 Å². The number of nitrogens with zero attached hydrogens (tertiary/aromatic N) is 1. The van der Waals surface area contributed by atoms with Crippen molar-refractivity contribution in [1.29, 1.82) is 0 Å². The van der Waals surface area contributed by atoms with Crippen molar-refractivity contribution >= 4 is 42.3 Å². The highest BCUT2D eigenvalue weighted by Gasteiger charge is 2.40. The third-order valence-electron chi connectivity index (χ3n) is 5.01. The Morgan fingerprint density at radius 2 is 1.72 bits per heavy atom. The summed E-state index contributed by atoms with van der Waals surface area (Å²) in [5, 5.41) is 26.0. The zero-order valence-electron chi connectivity index (χ0n) is 15.8. The summed E-state index contributed by atoms with van der Waals surface area (Å²) >= 11 is 3.89. The largest absolute Gasteiger partial charge is 0.481 e. The van der Waals surface area contributed by atoms with Gasteiger partial charge in [-0.3, -0.25) is 19.2 Å². The summed E-state index contributed by atoms with van der Waals surface area (Å²) < 4.78 is 0. The second-order valence-corrected chi connectivity index (χ2v) is 7.44. The molecule has 2 rings (SSSR count). The number of hydrogen-bond acceptors (Lipinski definition) is 7. The molecule has 29 heavy (non-hydrogen) atoms. The van der Waals surface area contributed by atoms with E-state index >= 15 is 0 Å². The number of carbonyl (C=O) groups excluding carboxylic acids is 3. The Bertz CT molecular complexity index is 668. The lowest BCUT2D eigenvalue weighted by Gasteiger charge is -2.29. The maximum absolute atomic E-state index is 13.0. The SMILES string of the molecule is O=C(O)CC(NC(=O)C1CCCN1)C(=O)N1CCCC1C(=O)NC(CS)C(=O)O. The zero-order valence-corrected chi connectivity index (χ0v) is 16.7. The van der Waals surface area contributed by atoms with E-state index in [1.165, 1.54) is 4.90 Å². The van der Waals surface area contributed by atoms with Crippen LogP contribution in [0.25, 0.3) is 0 Å². The van der Waals surface area contributed by atoms with Crippen molar-refractivity contribution in [2.45, 2.75) is 56.3 Å². The smallest absolute Gasteiger partial charge is 0.327 e. The van der Waals surface area contributed by atoms with Gasteiger partial charge in [-0.1, -0.05) is 0 Å². The molecule has 162 valence electrons. The van der Waals surface area contributed by atoms with Crippen LogP contribution in [0.2, 0.25) is 0 Å². The average molecular weight is 430 g/mol. The van der Waals surface area contributed by atoms with Gasteiger partial charge < -0.3 is 31.1 Å². The minimum Gasteiger partial charge on any atom is -0.481 e. The number of aliphatic carboxylic acids is 2. The Morgan fingerprint density at radius 1 is 1.03 bits per heavy atom. The molecule has 12 heteroatoms. The Hall–Kier alpha value is -2.34. The topological polar surface area (TPSA) is 165 Å². The van der Waals surface area contributed by atoms with Crippen molar-refractivity contribution in [3.05, 3.63) is 0 Å². The number of amides is 3. The van der Waals surface area contributed by atoms with Crippen molar-refractivity contribution in [3.63, 3.8) is 0 Å². The molecule has 2 aliphatic heterocycles. The second kappa shape index (κ2) is 10.4. The summed E-state index contributed by atoms with van der Waals surface area (Å²) in [6.07, 6.45) is 1.60. The highest BCUT2D eigenvalue weighted by molar-refractivity contribution is 7.80. The molecule has 2 aliphatic rings. The first-order valence-corrected chi connectivity index (χ1v) is 10.1. The van der Waals surface area contributed by atoms with Crippen molar-refractivity contribution in [2.75, 3.05) is 18.8 Å². The molecule has 0 aromatic heterocycles. The number of carboxylic acids is 2. The third-order valence-corrected chi connectivity index (χ3v) is 5.37. The van der Waals surface area contributed by atoms with E-state index in [1.54, 1.807) is 0 Å². The monoisotopic (exact) mass is 430 g/mol. The van der Waals surface area contributed by atoms with E-state index < -0.39 is 60.2 Å². The fourth-order valence-electron chi connectivity index (χ4n) is 3.51. The van der Waals surface area contributed by atoms with Gasteiger partial charge >= 0.3 is 11.9 Å². The molecule has 0 saturated carbocycles. The number of carboxylic acid groups (broad SMARTS) is 2. The van der Waals surface area contributed by atoms with E-state index in [4.69, 9.17) is 10.2 Å². The summed E-state index contributed by atoms with van der Waals surface area (Å²) in [5.74, 6) is -4.39. The van der Waals surface area contributed by atoms with Gasteiger partial charge in [-0.15, -0.1) is 0 Å². The van der Waals surface area contributed by atoms with Crippen molar-refractivity contribution in [1.82, 2.24) is 20.9 Å². The molecule has 2 saturated heterocycles. The highest BCUT2D eigenvalue weighted by Crippen LogP contribution is 2.20. The van der Waals surface area contributed by atoms with Gasteiger partial charge in [-0.2, -0.15) is 12.6 Å². The lowest BCUT2D eigenvalue weighted by atomic mass is 10.1. The van der Waals surface area contributed by atoms with E-state index in [0.29, 0.717) is 25.8 Å². The molecule has 11 nitrogen and oxygen atoms in total. The predicted octanol–water partition coefficient (Wildman–Crippen LogP) is -1.81. The van der Waals surface area contributed by atoms with Crippen LogP contribution in [0.3, 0.4) is 0 Å². The first kappa shape index (κ1) is 22.9. The molecule has 0 aliphatic carbocycles. The molecule has 5 N–H and O–H groups in total. The Balaban J connectivity index is 2.09. The van der Waals surface area contributed by atoms with Crippen LogP contribution in [0, 0.1) is 0 Å². The molecule has 4 atom stereocenters. The molecule has 4 unspecified atom stereocenters. The van der Waals surface area contributed by atoms with Gasteiger partial charge in [0.2, 0.25) is 17.7 Å². The summed E-state index contributed by atoms with van der Waals surface area (Å²) in [6, 6.07) is -3.92. The fraction of sp³-hybridized carbons (Fsp3) is 0.706. The molecule has 0 radical (unpaired) electrons. The number of hydrogen-bond donors (Lipinski definition) is 6. The van der Waals surface area contributed by atoms with E-state index in [0.717, 1.165) is 6.42 Å². The number of carbonyl (C=O) groups is 5. The van der Waals surface area contributed by atoms with Gasteiger partial charge in [0.05, 0.1) is 12.5 Å². The first-order valence-electron chi connectivity index (χ1n) is 9.44. The van der Waals surface area contributed by atoms with Gasteiger partial charge in [0.15, 0.2) is 0 Å². The summed E-state index contributed by atoms with van der Waals surface area (Å²) in [4.78, 5) is 61.3. The predicted molar refractivity (Wildman–Crippen MR) is 103 cm³/mol. The van der Waals surface area contributed by atoms with E-state index in [9.17, 15) is 24.0 Å². The number of thiol groups is 1. The molecular formula is C17H26N4O7S. The molecular weight excluding hydrogens is 404 g/mol. The standard InChI is InChI=1S/C17H26N4O7S/c22-13(23)7-10(19-14(24)9-3-1-5-18-9)16(26)21-6-2-4-12(21)15(25)20-11(8-29)17(27)28/h9-12,18,29H,1-8H2,(H,19,24)(H,20,25)(H,22,23)(H,27,28). The average Bonchev–Trinajstić information content (AvgIpc) is 3.35. The molecule has 3 amide bonds. The van der Waals surface area contributed by atoms with Crippen LogP contribution in [0.5, 0.6) is 0 Å². The minimum atomic E-state index is -1.31. The molecule has 2 heterocycles. The van der Waals surface area contributed by atoms with E-state index in [-0.39, 0.29) is 12.3 Å². The number of rotatable bonds is 9. The lowest BCUT2D eigenvalue weighted by molar-refractivity contribution is -0.147. The third kappa shape index (κ3) is 6.07. The van der Waals surface area contributed by atoms with Crippen molar-refractivity contribution in [3.8, 4) is 0 Å². The van der Waals surface area contributed by atoms with Crippen molar-refractivity contribution in [2.24, 2.45) is 0 Å². The maximum atomic E-state index is 13.0. The van der Waals surface area contributed by atoms with Gasteiger partial charge in [0, 0.05) is 12.3 Å². The van der Waals surface area contributed by atoms with Crippen LogP contribution in [0.15, 0.2) is 0 Å². The zero-order chi connectivity index (χ0) is 21.6. The minimum absolute atomic E-state index is 0.117. The molecule has 0 bridgehead atoms. The highest BCUT2D eigenvalue weighted by atomic mass is 32.1. The molecule has 0 aromatic carbocycles. The Labute approximate surface area is 173 Å². The number of likely N-dealkylation sites (tertiary alicyclic amines) is 1. The van der Waals surface area contributed by atoms with Crippen LogP contribution in [0.4, 0.5) is 0 Å². The summed E-state index contributed by atoms with van der Waals surface area (Å²) in [5.41, 5.74) is 0. The fourth-order valence-corrected chi connectivity index (χ4v) is 3.76. The van der Waals surface area contributed by atoms with Crippen LogP contribution >= 0.6 is 12.6 Å². The van der Waals surface area contributed by atoms with Crippen LogP contribution < -0.4 is 16.0 Å².